The molecule has 0 fully saturated rings. The van der Waals surface area contributed by atoms with Gasteiger partial charge >= 0.3 is 0 Å². The molecule has 2 rings (SSSR count). The van der Waals surface area contributed by atoms with Crippen LogP contribution in [0.15, 0.2) is 34.9 Å². The molecule has 1 aromatic heterocycles. The van der Waals surface area contributed by atoms with Crippen LogP contribution in [-0.2, 0) is 9.47 Å². The summed E-state index contributed by atoms with van der Waals surface area (Å²) in [7, 11) is 0. The first-order chi connectivity index (χ1) is 9.81. The van der Waals surface area contributed by atoms with Crippen LogP contribution in [0.2, 0.25) is 0 Å². The van der Waals surface area contributed by atoms with Gasteiger partial charge in [-0.2, -0.15) is 0 Å². The molecule has 0 aliphatic heterocycles. The predicted molar refractivity (Wildman–Crippen MR) is 85.2 cm³/mol. The van der Waals surface area contributed by atoms with Crippen LogP contribution in [0.1, 0.15) is 6.92 Å². The number of para-hydroxylation sites is 1. The predicted octanol–water partition coefficient (Wildman–Crippen LogP) is 3.46. The fourth-order valence-electron chi connectivity index (χ4n) is 1.90. The van der Waals surface area contributed by atoms with Crippen LogP contribution < -0.4 is 5.32 Å². The second kappa shape index (κ2) is 8.19. The van der Waals surface area contributed by atoms with Crippen LogP contribution in [0.4, 0.5) is 5.69 Å². The van der Waals surface area contributed by atoms with Crippen molar-refractivity contribution < 1.29 is 9.47 Å². The molecule has 0 spiro atoms. The molecule has 0 bridgehead atoms. The van der Waals surface area contributed by atoms with Crippen molar-refractivity contribution in [1.29, 1.82) is 0 Å². The number of nitrogens with zero attached hydrogens (tertiary/aromatic N) is 1. The highest BCUT2D eigenvalue weighted by Crippen LogP contribution is 2.23. The Bertz CT molecular complexity index is 548. The van der Waals surface area contributed by atoms with Crippen molar-refractivity contribution in [2.24, 2.45) is 0 Å². The Hall–Kier alpha value is -1.17. The summed E-state index contributed by atoms with van der Waals surface area (Å²) >= 11 is 3.44. The maximum absolute atomic E-state index is 5.47. The molecule has 0 atom stereocenters. The fraction of sp³-hybridized carbons (Fsp3) is 0.400. The van der Waals surface area contributed by atoms with E-state index >= 15 is 0 Å². The van der Waals surface area contributed by atoms with Crippen LogP contribution in [0.3, 0.4) is 0 Å². The smallest absolute Gasteiger partial charge is 0.0934 e. The SMILES string of the molecule is CCOCCOCCNc1cccc2cc(Br)cnc12. The lowest BCUT2D eigenvalue weighted by Gasteiger charge is -2.10. The van der Waals surface area contributed by atoms with Gasteiger partial charge in [-0.25, -0.2) is 0 Å². The molecule has 0 saturated carbocycles. The van der Waals surface area contributed by atoms with Crippen molar-refractivity contribution in [1.82, 2.24) is 4.98 Å². The first-order valence-electron chi connectivity index (χ1n) is 6.75. The van der Waals surface area contributed by atoms with Crippen molar-refractivity contribution in [3.8, 4) is 0 Å². The molecule has 2 aromatic rings. The van der Waals surface area contributed by atoms with Crippen molar-refractivity contribution in [3.63, 3.8) is 0 Å². The summed E-state index contributed by atoms with van der Waals surface area (Å²) in [6.07, 6.45) is 1.81. The van der Waals surface area contributed by atoms with Crippen molar-refractivity contribution in [2.45, 2.75) is 6.92 Å². The van der Waals surface area contributed by atoms with Crippen molar-refractivity contribution >= 4 is 32.5 Å². The Labute approximate surface area is 127 Å². The summed E-state index contributed by atoms with van der Waals surface area (Å²) in [4.78, 5) is 4.45. The standard InChI is InChI=1S/C15H19BrN2O2/c1-2-19-8-9-20-7-6-17-14-5-3-4-12-10-13(16)11-18-15(12)14/h3-5,10-11,17H,2,6-9H2,1H3. The maximum atomic E-state index is 5.47. The average Bonchev–Trinajstić information content (AvgIpc) is 2.46. The summed E-state index contributed by atoms with van der Waals surface area (Å²) in [5.41, 5.74) is 2.01. The number of pyridine rings is 1. The quantitative estimate of drug-likeness (QED) is 0.748. The largest absolute Gasteiger partial charge is 0.381 e. The van der Waals surface area contributed by atoms with Crippen molar-refractivity contribution in [3.05, 3.63) is 34.9 Å². The van der Waals surface area contributed by atoms with Gasteiger partial charge in [-0.05, 0) is 35.0 Å². The van der Waals surface area contributed by atoms with Crippen LogP contribution in [0.25, 0.3) is 10.9 Å². The van der Waals surface area contributed by atoms with E-state index in [2.05, 4.69) is 38.4 Å². The molecule has 0 radical (unpaired) electrons. The number of ether oxygens (including phenoxy) is 2. The monoisotopic (exact) mass is 338 g/mol. The second-order valence-electron chi connectivity index (χ2n) is 4.27. The summed E-state index contributed by atoms with van der Waals surface area (Å²) in [6.45, 7) is 5.41. The first-order valence-corrected chi connectivity index (χ1v) is 7.54. The number of halogens is 1. The molecule has 0 aliphatic rings. The zero-order valence-corrected chi connectivity index (χ0v) is 13.1. The van der Waals surface area contributed by atoms with E-state index in [0.717, 1.165) is 34.2 Å². The molecule has 4 nitrogen and oxygen atoms in total. The maximum Gasteiger partial charge on any atom is 0.0934 e. The zero-order valence-electron chi connectivity index (χ0n) is 11.6. The first kappa shape index (κ1) is 15.2. The number of rotatable bonds is 8. The van der Waals surface area contributed by atoms with Gasteiger partial charge in [-0.15, -0.1) is 0 Å². The summed E-state index contributed by atoms with van der Waals surface area (Å²) in [5.74, 6) is 0. The van der Waals surface area contributed by atoms with Gasteiger partial charge < -0.3 is 14.8 Å². The van der Waals surface area contributed by atoms with Gasteiger partial charge in [-0.1, -0.05) is 12.1 Å². The minimum atomic E-state index is 0.635. The van der Waals surface area contributed by atoms with E-state index < -0.39 is 0 Å². The van der Waals surface area contributed by atoms with Gasteiger partial charge in [0, 0.05) is 29.2 Å². The molecule has 0 saturated heterocycles. The van der Waals surface area contributed by atoms with Gasteiger partial charge in [0.25, 0.3) is 0 Å². The van der Waals surface area contributed by atoms with Crippen molar-refractivity contribution in [2.75, 3.05) is 38.3 Å². The number of nitrogens with one attached hydrogen (secondary N) is 1. The molecule has 1 aromatic carbocycles. The van der Waals surface area contributed by atoms with E-state index in [1.165, 1.54) is 0 Å². The van der Waals surface area contributed by atoms with Crippen LogP contribution in [-0.4, -0.2) is 38.0 Å². The fourth-order valence-corrected chi connectivity index (χ4v) is 2.25. The summed E-state index contributed by atoms with van der Waals surface area (Å²) in [6, 6.07) is 8.17. The van der Waals surface area contributed by atoms with Crippen LogP contribution in [0, 0.1) is 0 Å². The third-order valence-corrected chi connectivity index (χ3v) is 3.25. The zero-order chi connectivity index (χ0) is 14.2. The molecule has 1 heterocycles. The van der Waals surface area contributed by atoms with Gasteiger partial charge in [0.1, 0.15) is 0 Å². The lowest BCUT2D eigenvalue weighted by molar-refractivity contribution is 0.0570. The highest BCUT2D eigenvalue weighted by molar-refractivity contribution is 9.10. The number of anilines is 1. The third-order valence-electron chi connectivity index (χ3n) is 2.82. The number of hydrogen-bond acceptors (Lipinski definition) is 4. The molecular weight excluding hydrogens is 320 g/mol. The minimum absolute atomic E-state index is 0.635. The number of benzene rings is 1. The van der Waals surface area contributed by atoms with Crippen LogP contribution >= 0.6 is 15.9 Å². The Morgan fingerprint density at radius 2 is 2.05 bits per heavy atom. The Balaban J connectivity index is 1.84. The van der Waals surface area contributed by atoms with Gasteiger partial charge in [-0.3, -0.25) is 4.98 Å². The molecular formula is C15H19BrN2O2. The van der Waals surface area contributed by atoms with E-state index in [1.54, 1.807) is 0 Å². The van der Waals surface area contributed by atoms with E-state index in [-0.39, 0.29) is 0 Å². The average molecular weight is 339 g/mol. The Kier molecular flexibility index (Phi) is 6.24. The molecule has 0 unspecified atom stereocenters. The number of aromatic nitrogens is 1. The molecule has 108 valence electrons. The van der Waals surface area contributed by atoms with Crippen LogP contribution in [0.5, 0.6) is 0 Å². The summed E-state index contributed by atoms with van der Waals surface area (Å²) < 4.78 is 11.7. The number of fused-ring (bicyclic) bond motifs is 1. The highest BCUT2D eigenvalue weighted by Gasteiger charge is 2.02. The van der Waals surface area contributed by atoms with Gasteiger partial charge in [0.05, 0.1) is 31.0 Å². The number of hydrogen-bond donors (Lipinski definition) is 1. The minimum Gasteiger partial charge on any atom is -0.381 e. The van der Waals surface area contributed by atoms with E-state index in [4.69, 9.17) is 9.47 Å². The molecule has 0 amide bonds. The van der Waals surface area contributed by atoms with E-state index in [0.29, 0.717) is 19.8 Å². The Morgan fingerprint density at radius 3 is 2.90 bits per heavy atom. The molecule has 20 heavy (non-hydrogen) atoms. The molecule has 0 aliphatic carbocycles. The highest BCUT2D eigenvalue weighted by atomic mass is 79.9. The van der Waals surface area contributed by atoms with Gasteiger partial charge in [0.2, 0.25) is 0 Å². The molecule has 5 heteroatoms. The topological polar surface area (TPSA) is 43.4 Å². The summed E-state index contributed by atoms with van der Waals surface area (Å²) in [5, 5.41) is 4.47. The van der Waals surface area contributed by atoms with E-state index in [9.17, 15) is 0 Å². The second-order valence-corrected chi connectivity index (χ2v) is 5.18. The van der Waals surface area contributed by atoms with E-state index in [1.807, 2.05) is 25.3 Å². The normalized spacial score (nSPS) is 10.9. The Morgan fingerprint density at radius 1 is 1.20 bits per heavy atom. The lowest BCUT2D eigenvalue weighted by Crippen LogP contribution is -2.12. The van der Waals surface area contributed by atoms with Gasteiger partial charge in [0.15, 0.2) is 0 Å². The third kappa shape index (κ3) is 4.44. The molecule has 1 N–H and O–H groups in total. The lowest BCUT2D eigenvalue weighted by atomic mass is 10.2.